The Hall–Kier alpha value is -0.120. The molecule has 0 spiro atoms. The lowest BCUT2D eigenvalue weighted by Gasteiger charge is -2.39. The number of nitrogens with one attached hydrogen (secondary N) is 2. The van der Waals surface area contributed by atoms with Crippen LogP contribution in [0.5, 0.6) is 0 Å². The molecule has 29 heavy (non-hydrogen) atoms. The smallest absolute Gasteiger partial charge is 0.191 e. The Kier molecular flexibility index (Phi) is 13.7. The molecule has 0 amide bonds. The van der Waals surface area contributed by atoms with Crippen LogP contribution in [-0.2, 0) is 4.74 Å². The van der Waals surface area contributed by atoms with Crippen LogP contribution < -0.4 is 10.6 Å². The number of guanidine groups is 1. The van der Waals surface area contributed by atoms with Gasteiger partial charge in [0.1, 0.15) is 0 Å². The van der Waals surface area contributed by atoms with Gasteiger partial charge >= 0.3 is 0 Å². The normalized spacial score (nSPS) is 23.1. The van der Waals surface area contributed by atoms with Crippen molar-refractivity contribution in [2.75, 3.05) is 59.5 Å². The van der Waals surface area contributed by atoms with Crippen LogP contribution in [-0.4, -0.2) is 87.4 Å². The monoisotopic (exact) mass is 523 g/mol. The third-order valence-corrected chi connectivity index (χ3v) is 6.65. The topological polar surface area (TPSA) is 52.1 Å². The second-order valence-corrected chi connectivity index (χ2v) is 8.72. The minimum atomic E-state index is 0. The van der Waals surface area contributed by atoms with E-state index in [1.165, 1.54) is 38.8 Å². The van der Waals surface area contributed by atoms with Crippen LogP contribution in [0.2, 0.25) is 0 Å². The SMILES string of the molecule is CCC(CC)C(CNC(=NC)NCC1CCCN(C(C)C)C1)N1CCOCC1.I. The van der Waals surface area contributed by atoms with E-state index in [1.807, 2.05) is 7.05 Å². The molecule has 0 aromatic heterocycles. The molecule has 2 aliphatic rings. The number of morpholine rings is 1. The van der Waals surface area contributed by atoms with Crippen LogP contribution >= 0.6 is 24.0 Å². The average Bonchev–Trinajstić information content (AvgIpc) is 2.74. The predicted molar refractivity (Wildman–Crippen MR) is 134 cm³/mol. The van der Waals surface area contributed by atoms with Crippen molar-refractivity contribution < 1.29 is 4.74 Å². The molecule has 2 N–H and O–H groups in total. The van der Waals surface area contributed by atoms with Crippen LogP contribution in [0.4, 0.5) is 0 Å². The maximum absolute atomic E-state index is 5.57. The first-order valence-electron chi connectivity index (χ1n) is 11.6. The Morgan fingerprint density at radius 3 is 2.34 bits per heavy atom. The Bertz CT molecular complexity index is 452. The largest absolute Gasteiger partial charge is 0.379 e. The summed E-state index contributed by atoms with van der Waals surface area (Å²) in [7, 11) is 1.89. The van der Waals surface area contributed by atoms with Crippen LogP contribution in [0.3, 0.4) is 0 Å². The first kappa shape index (κ1) is 26.9. The molecule has 0 bridgehead atoms. The van der Waals surface area contributed by atoms with Crippen molar-refractivity contribution in [1.29, 1.82) is 0 Å². The third kappa shape index (κ3) is 8.87. The molecule has 0 saturated carbocycles. The van der Waals surface area contributed by atoms with Gasteiger partial charge in [-0.2, -0.15) is 0 Å². The minimum absolute atomic E-state index is 0. The van der Waals surface area contributed by atoms with E-state index in [1.54, 1.807) is 0 Å². The summed E-state index contributed by atoms with van der Waals surface area (Å²) >= 11 is 0. The Labute approximate surface area is 196 Å². The van der Waals surface area contributed by atoms with E-state index < -0.39 is 0 Å². The van der Waals surface area contributed by atoms with Gasteiger partial charge in [0.25, 0.3) is 0 Å². The van der Waals surface area contributed by atoms with Crippen molar-refractivity contribution in [3.8, 4) is 0 Å². The molecule has 7 heteroatoms. The molecule has 2 aliphatic heterocycles. The molecule has 0 aromatic carbocycles. The maximum Gasteiger partial charge on any atom is 0.191 e. The fourth-order valence-corrected chi connectivity index (χ4v) is 4.73. The van der Waals surface area contributed by atoms with Crippen molar-refractivity contribution in [3.63, 3.8) is 0 Å². The Morgan fingerprint density at radius 1 is 1.07 bits per heavy atom. The van der Waals surface area contributed by atoms with Gasteiger partial charge in [0.05, 0.1) is 13.2 Å². The van der Waals surface area contributed by atoms with Crippen LogP contribution in [0.15, 0.2) is 4.99 Å². The summed E-state index contributed by atoms with van der Waals surface area (Å²) < 4.78 is 5.57. The lowest BCUT2D eigenvalue weighted by Crippen LogP contribution is -2.54. The van der Waals surface area contributed by atoms with Crippen molar-refractivity contribution in [2.24, 2.45) is 16.8 Å². The second-order valence-electron chi connectivity index (χ2n) is 8.72. The molecular weight excluding hydrogens is 477 g/mol. The standard InChI is InChI=1S/C22H45N5O.HI/c1-6-20(7-2)21(26-11-13-28-14-12-26)16-25-22(23-5)24-15-19-9-8-10-27(17-19)18(3)4;/h18-21H,6-17H2,1-5H3,(H2,23,24,25);1H. The number of likely N-dealkylation sites (tertiary alicyclic amines) is 1. The highest BCUT2D eigenvalue weighted by Gasteiger charge is 2.27. The number of rotatable bonds is 9. The molecule has 6 nitrogen and oxygen atoms in total. The molecule has 172 valence electrons. The molecule has 2 fully saturated rings. The fraction of sp³-hybridized carbons (Fsp3) is 0.955. The van der Waals surface area contributed by atoms with Crippen molar-refractivity contribution in [2.45, 2.75) is 65.5 Å². The molecule has 2 atom stereocenters. The van der Waals surface area contributed by atoms with E-state index in [0.29, 0.717) is 23.9 Å². The van der Waals surface area contributed by atoms with Gasteiger partial charge in [-0.05, 0) is 45.1 Å². The van der Waals surface area contributed by atoms with Crippen LogP contribution in [0, 0.1) is 11.8 Å². The Morgan fingerprint density at radius 2 is 1.76 bits per heavy atom. The molecule has 2 saturated heterocycles. The van der Waals surface area contributed by atoms with Gasteiger partial charge in [-0.25, -0.2) is 0 Å². The minimum Gasteiger partial charge on any atom is -0.379 e. The third-order valence-electron chi connectivity index (χ3n) is 6.65. The first-order valence-corrected chi connectivity index (χ1v) is 11.6. The van der Waals surface area contributed by atoms with Gasteiger partial charge in [0.2, 0.25) is 0 Å². The molecule has 0 aliphatic carbocycles. The van der Waals surface area contributed by atoms with Crippen LogP contribution in [0.25, 0.3) is 0 Å². The molecule has 2 heterocycles. The first-order chi connectivity index (χ1) is 13.6. The second kappa shape index (κ2) is 14.8. The summed E-state index contributed by atoms with van der Waals surface area (Å²) in [6.45, 7) is 17.5. The number of ether oxygens (including phenoxy) is 1. The maximum atomic E-state index is 5.57. The van der Waals surface area contributed by atoms with Gasteiger partial charge in [-0.3, -0.25) is 9.89 Å². The lowest BCUT2D eigenvalue weighted by atomic mass is 9.92. The van der Waals surface area contributed by atoms with Gasteiger partial charge in [-0.1, -0.05) is 26.7 Å². The van der Waals surface area contributed by atoms with Gasteiger partial charge < -0.3 is 20.3 Å². The highest BCUT2D eigenvalue weighted by atomic mass is 127. The highest BCUT2D eigenvalue weighted by Crippen LogP contribution is 2.20. The zero-order valence-corrected chi connectivity index (χ0v) is 21.8. The summed E-state index contributed by atoms with van der Waals surface area (Å²) in [5.41, 5.74) is 0. The van der Waals surface area contributed by atoms with E-state index in [4.69, 9.17) is 4.74 Å². The Balaban J connectivity index is 0.00000420. The zero-order valence-electron chi connectivity index (χ0n) is 19.5. The van der Waals surface area contributed by atoms with E-state index in [0.717, 1.165) is 45.4 Å². The number of aliphatic imine (C=N–C) groups is 1. The number of nitrogens with zero attached hydrogens (tertiary/aromatic N) is 3. The number of hydrogen-bond acceptors (Lipinski definition) is 4. The van der Waals surface area contributed by atoms with E-state index >= 15 is 0 Å². The molecule has 2 unspecified atom stereocenters. The van der Waals surface area contributed by atoms with E-state index in [2.05, 4.69) is 53.1 Å². The quantitative estimate of drug-likeness (QED) is 0.277. The molecule has 2 rings (SSSR count). The van der Waals surface area contributed by atoms with Gasteiger partial charge in [0, 0.05) is 51.9 Å². The number of piperidine rings is 1. The summed E-state index contributed by atoms with van der Waals surface area (Å²) in [6.07, 6.45) is 5.07. The highest BCUT2D eigenvalue weighted by molar-refractivity contribution is 14.0. The summed E-state index contributed by atoms with van der Waals surface area (Å²) in [4.78, 5) is 9.71. The van der Waals surface area contributed by atoms with Crippen molar-refractivity contribution >= 4 is 29.9 Å². The number of hydrogen-bond donors (Lipinski definition) is 2. The zero-order chi connectivity index (χ0) is 20.4. The van der Waals surface area contributed by atoms with Crippen LogP contribution in [0.1, 0.15) is 53.4 Å². The number of halogens is 1. The molecule has 0 aromatic rings. The fourth-order valence-electron chi connectivity index (χ4n) is 4.73. The van der Waals surface area contributed by atoms with E-state index in [-0.39, 0.29) is 24.0 Å². The summed E-state index contributed by atoms with van der Waals surface area (Å²) in [5.74, 6) is 2.37. The van der Waals surface area contributed by atoms with Gasteiger partial charge in [-0.15, -0.1) is 24.0 Å². The summed E-state index contributed by atoms with van der Waals surface area (Å²) in [5, 5.41) is 7.23. The average molecular weight is 524 g/mol. The molecule has 0 radical (unpaired) electrons. The molecular formula is C22H46IN5O. The lowest BCUT2D eigenvalue weighted by molar-refractivity contribution is 0.00271. The predicted octanol–water partition coefficient (Wildman–Crippen LogP) is 3.03. The van der Waals surface area contributed by atoms with E-state index in [9.17, 15) is 0 Å². The summed E-state index contributed by atoms with van der Waals surface area (Å²) in [6, 6.07) is 1.19. The van der Waals surface area contributed by atoms with Crippen molar-refractivity contribution in [3.05, 3.63) is 0 Å². The van der Waals surface area contributed by atoms with Crippen molar-refractivity contribution in [1.82, 2.24) is 20.4 Å². The van der Waals surface area contributed by atoms with Gasteiger partial charge in [0.15, 0.2) is 5.96 Å².